The summed E-state index contributed by atoms with van der Waals surface area (Å²) in [6.07, 6.45) is 13.9. The third-order valence-corrected chi connectivity index (χ3v) is 16.0. The molecular formula is C30H58Si. The van der Waals surface area contributed by atoms with E-state index in [9.17, 15) is 0 Å². The lowest BCUT2D eigenvalue weighted by Gasteiger charge is -2.54. The van der Waals surface area contributed by atoms with Crippen LogP contribution >= 0.6 is 0 Å². The molecule has 3 saturated carbocycles. The average molecular weight is 447 g/mol. The fourth-order valence-electron chi connectivity index (χ4n) is 9.11. The third kappa shape index (κ3) is 6.02. The first-order valence-corrected chi connectivity index (χ1v) is 16.6. The first kappa shape index (κ1) is 25.8. The van der Waals surface area contributed by atoms with Crippen LogP contribution < -0.4 is 0 Å². The Bertz CT molecular complexity index is 460. The van der Waals surface area contributed by atoms with Crippen molar-refractivity contribution in [1.29, 1.82) is 0 Å². The van der Waals surface area contributed by atoms with Crippen molar-refractivity contribution in [2.24, 2.45) is 53.3 Å². The van der Waals surface area contributed by atoms with Gasteiger partial charge in [-0.3, -0.25) is 0 Å². The van der Waals surface area contributed by atoms with E-state index in [1.807, 2.05) is 0 Å². The minimum atomic E-state index is -0.935. The Morgan fingerprint density at radius 1 is 0.452 bits per heavy atom. The number of hydrogen-bond acceptors (Lipinski definition) is 0. The molecular weight excluding hydrogens is 388 g/mol. The maximum absolute atomic E-state index is 2.60. The Labute approximate surface area is 198 Å². The highest BCUT2D eigenvalue weighted by atomic mass is 28.3. The molecule has 0 spiro atoms. The molecule has 9 unspecified atom stereocenters. The second-order valence-electron chi connectivity index (χ2n) is 14.0. The van der Waals surface area contributed by atoms with Crippen molar-refractivity contribution in [1.82, 2.24) is 0 Å². The largest absolute Gasteiger partial charge is 0.0625 e. The van der Waals surface area contributed by atoms with E-state index < -0.39 is 8.80 Å². The summed E-state index contributed by atoms with van der Waals surface area (Å²) in [5.41, 5.74) is 3.37. The highest BCUT2D eigenvalue weighted by Crippen LogP contribution is 2.59. The van der Waals surface area contributed by atoms with Crippen LogP contribution in [0.4, 0.5) is 0 Å². The van der Waals surface area contributed by atoms with E-state index in [4.69, 9.17) is 0 Å². The summed E-state index contributed by atoms with van der Waals surface area (Å²) in [7, 11) is -0.935. The van der Waals surface area contributed by atoms with Crippen molar-refractivity contribution in [3.05, 3.63) is 0 Å². The Kier molecular flexibility index (Phi) is 9.25. The molecule has 3 rings (SSSR count). The average Bonchev–Trinajstić information content (AvgIpc) is 2.67. The van der Waals surface area contributed by atoms with E-state index in [0.717, 1.165) is 69.9 Å². The predicted octanol–water partition coefficient (Wildman–Crippen LogP) is 9.60. The summed E-state index contributed by atoms with van der Waals surface area (Å²) in [4.78, 5) is 0. The predicted molar refractivity (Wildman–Crippen MR) is 142 cm³/mol. The molecule has 0 aromatic heterocycles. The van der Waals surface area contributed by atoms with Gasteiger partial charge in [-0.05, 0) is 89.1 Å². The lowest BCUT2D eigenvalue weighted by atomic mass is 9.75. The molecule has 182 valence electrons. The molecule has 0 nitrogen and oxygen atoms in total. The first-order chi connectivity index (χ1) is 14.6. The molecule has 31 heavy (non-hydrogen) atoms. The molecule has 3 fully saturated rings. The Hall–Kier alpha value is 0.217. The lowest BCUT2D eigenvalue weighted by Crippen LogP contribution is -2.48. The maximum atomic E-state index is 2.60. The molecule has 0 amide bonds. The van der Waals surface area contributed by atoms with Gasteiger partial charge in [-0.25, -0.2) is 0 Å². The van der Waals surface area contributed by atoms with E-state index in [-0.39, 0.29) is 0 Å². The van der Waals surface area contributed by atoms with E-state index >= 15 is 0 Å². The summed E-state index contributed by atoms with van der Waals surface area (Å²) in [5, 5.41) is 0. The summed E-state index contributed by atoms with van der Waals surface area (Å²) in [6, 6.07) is 0. The van der Waals surface area contributed by atoms with E-state index in [1.54, 1.807) is 19.3 Å². The summed E-state index contributed by atoms with van der Waals surface area (Å²) >= 11 is 0. The second kappa shape index (κ2) is 11.1. The summed E-state index contributed by atoms with van der Waals surface area (Å²) < 4.78 is 0. The van der Waals surface area contributed by atoms with Gasteiger partial charge in [0.2, 0.25) is 0 Å². The van der Waals surface area contributed by atoms with Gasteiger partial charge in [-0.1, -0.05) is 101 Å². The highest BCUT2D eigenvalue weighted by Gasteiger charge is 2.50. The number of rotatable bonds is 6. The van der Waals surface area contributed by atoms with Crippen LogP contribution in [0.1, 0.15) is 120 Å². The van der Waals surface area contributed by atoms with Crippen LogP contribution in [0.25, 0.3) is 0 Å². The van der Waals surface area contributed by atoms with Crippen LogP contribution in [-0.2, 0) is 0 Å². The Balaban J connectivity index is 2.05. The van der Waals surface area contributed by atoms with Gasteiger partial charge < -0.3 is 0 Å². The molecule has 0 N–H and O–H groups in total. The molecule has 3 aliphatic rings. The van der Waals surface area contributed by atoms with Crippen molar-refractivity contribution < 1.29 is 0 Å². The smallest absolute Gasteiger partial charge is 0.0470 e. The van der Waals surface area contributed by atoms with Gasteiger partial charge in [0, 0.05) is 8.80 Å². The molecule has 0 aliphatic heterocycles. The van der Waals surface area contributed by atoms with Crippen LogP contribution in [0.5, 0.6) is 0 Å². The van der Waals surface area contributed by atoms with Crippen LogP contribution in [-0.4, -0.2) is 8.80 Å². The Morgan fingerprint density at radius 3 is 0.935 bits per heavy atom. The van der Waals surface area contributed by atoms with Gasteiger partial charge in [0.1, 0.15) is 0 Å². The van der Waals surface area contributed by atoms with Gasteiger partial charge >= 0.3 is 0 Å². The molecule has 1 heteroatoms. The van der Waals surface area contributed by atoms with Gasteiger partial charge in [0.05, 0.1) is 0 Å². The highest BCUT2D eigenvalue weighted by molar-refractivity contribution is 6.64. The SMILES string of the molecule is CC1CCC(C(C)C)C([SiH](C2CC(C)CCC2C(C)C)C2CC(C)CCC2C(C)C)C1. The minimum absolute atomic E-state index is 0.893. The monoisotopic (exact) mass is 446 g/mol. The summed E-state index contributed by atoms with van der Waals surface area (Å²) in [6.45, 7) is 23.2. The molecule has 9 atom stereocenters. The fraction of sp³-hybridized carbons (Fsp3) is 1.00. The zero-order valence-electron chi connectivity index (χ0n) is 22.9. The molecule has 0 aromatic carbocycles. The topological polar surface area (TPSA) is 0 Å². The van der Waals surface area contributed by atoms with Gasteiger partial charge in [-0.2, -0.15) is 0 Å². The van der Waals surface area contributed by atoms with Gasteiger partial charge in [0.25, 0.3) is 0 Å². The van der Waals surface area contributed by atoms with Crippen molar-refractivity contribution in [2.75, 3.05) is 0 Å². The lowest BCUT2D eigenvalue weighted by molar-refractivity contribution is 0.185. The van der Waals surface area contributed by atoms with Gasteiger partial charge in [0.15, 0.2) is 0 Å². The van der Waals surface area contributed by atoms with E-state index in [1.165, 1.54) is 38.5 Å². The van der Waals surface area contributed by atoms with Crippen molar-refractivity contribution >= 4 is 8.80 Å². The first-order valence-electron chi connectivity index (χ1n) is 14.6. The zero-order chi connectivity index (χ0) is 22.9. The third-order valence-electron chi connectivity index (χ3n) is 10.7. The Morgan fingerprint density at radius 2 is 0.710 bits per heavy atom. The molecule has 0 bridgehead atoms. The molecule has 3 aliphatic carbocycles. The maximum Gasteiger partial charge on any atom is 0.0470 e. The number of hydrogen-bond donors (Lipinski definition) is 0. The van der Waals surface area contributed by atoms with Crippen molar-refractivity contribution in [3.8, 4) is 0 Å². The second-order valence-corrected chi connectivity index (χ2v) is 17.8. The molecule has 0 aromatic rings. The van der Waals surface area contributed by atoms with Gasteiger partial charge in [-0.15, -0.1) is 0 Å². The fourth-order valence-corrected chi connectivity index (χ4v) is 17.0. The molecule has 0 radical (unpaired) electrons. The van der Waals surface area contributed by atoms with Crippen molar-refractivity contribution in [3.63, 3.8) is 0 Å². The van der Waals surface area contributed by atoms with E-state index in [2.05, 4.69) is 62.3 Å². The van der Waals surface area contributed by atoms with Crippen LogP contribution in [0.15, 0.2) is 0 Å². The minimum Gasteiger partial charge on any atom is -0.0625 e. The standard InChI is InChI=1S/C30H58Si/c1-19(2)25-13-10-22(7)16-28(25)31(29-17-23(8)11-14-26(29)20(3)4)30-18-24(9)12-15-27(30)21(5)6/h19-31H,10-18H2,1-9H3. The van der Waals surface area contributed by atoms with E-state index in [0.29, 0.717) is 0 Å². The van der Waals surface area contributed by atoms with Crippen molar-refractivity contribution in [2.45, 2.75) is 137 Å². The molecule has 0 heterocycles. The molecule has 0 saturated heterocycles. The van der Waals surface area contributed by atoms with Crippen LogP contribution in [0.2, 0.25) is 16.6 Å². The van der Waals surface area contributed by atoms with Crippen LogP contribution in [0.3, 0.4) is 0 Å². The normalized spacial score (nSPS) is 43.5. The zero-order valence-corrected chi connectivity index (χ0v) is 24.0. The summed E-state index contributed by atoms with van der Waals surface area (Å²) in [5.74, 6) is 8.71. The quantitative estimate of drug-likeness (QED) is 0.356. The van der Waals surface area contributed by atoms with Crippen LogP contribution in [0, 0.1) is 53.3 Å².